The summed E-state index contributed by atoms with van der Waals surface area (Å²) in [6.45, 7) is 8.96. The van der Waals surface area contributed by atoms with E-state index in [1.807, 2.05) is 12.3 Å². The summed E-state index contributed by atoms with van der Waals surface area (Å²) in [7, 11) is 0. The Labute approximate surface area is 112 Å². The van der Waals surface area contributed by atoms with Crippen LogP contribution in [0, 0.1) is 0 Å². The topological polar surface area (TPSA) is 19.4 Å². The number of halogens is 1. The van der Waals surface area contributed by atoms with Gasteiger partial charge in [-0.15, -0.1) is 0 Å². The summed E-state index contributed by atoms with van der Waals surface area (Å²) >= 11 is 3.53. The maximum atomic E-state index is 4.52. The number of anilines is 1. The lowest BCUT2D eigenvalue weighted by Gasteiger charge is -2.38. The number of aromatic nitrogens is 1. The quantitative estimate of drug-likeness (QED) is 0.799. The molecular formula is C13H20BrN3. The molecule has 17 heavy (non-hydrogen) atoms. The van der Waals surface area contributed by atoms with Crippen LogP contribution in [0.15, 0.2) is 18.3 Å². The molecule has 0 amide bonds. The van der Waals surface area contributed by atoms with Crippen molar-refractivity contribution in [2.75, 3.05) is 31.1 Å². The van der Waals surface area contributed by atoms with Crippen LogP contribution in [0.3, 0.4) is 0 Å². The van der Waals surface area contributed by atoms with Gasteiger partial charge in [0.15, 0.2) is 0 Å². The van der Waals surface area contributed by atoms with E-state index < -0.39 is 0 Å². The first-order chi connectivity index (χ1) is 8.22. The third-order valence-electron chi connectivity index (χ3n) is 3.36. The minimum Gasteiger partial charge on any atom is -0.354 e. The number of hydrogen-bond acceptors (Lipinski definition) is 3. The lowest BCUT2D eigenvalue weighted by atomic mass is 10.2. The van der Waals surface area contributed by atoms with Crippen LogP contribution in [-0.2, 0) is 5.33 Å². The van der Waals surface area contributed by atoms with E-state index in [4.69, 9.17) is 0 Å². The van der Waals surface area contributed by atoms with Crippen molar-refractivity contribution in [2.24, 2.45) is 0 Å². The van der Waals surface area contributed by atoms with Gasteiger partial charge in [0.1, 0.15) is 5.82 Å². The lowest BCUT2D eigenvalue weighted by molar-refractivity contribution is 0.209. The maximum absolute atomic E-state index is 4.52. The molecule has 4 heteroatoms. The van der Waals surface area contributed by atoms with Gasteiger partial charge in [-0.25, -0.2) is 4.98 Å². The first-order valence-corrected chi connectivity index (χ1v) is 7.33. The number of rotatable bonds is 3. The fourth-order valence-electron chi connectivity index (χ4n) is 2.27. The Bertz CT molecular complexity index is 359. The highest BCUT2D eigenvalue weighted by Crippen LogP contribution is 2.21. The van der Waals surface area contributed by atoms with E-state index in [1.54, 1.807) is 0 Å². The van der Waals surface area contributed by atoms with Crippen molar-refractivity contribution < 1.29 is 0 Å². The minimum absolute atomic E-state index is 0.650. The predicted octanol–water partition coefficient (Wildman–Crippen LogP) is 2.51. The van der Waals surface area contributed by atoms with Crippen molar-refractivity contribution >= 4 is 21.7 Å². The predicted molar refractivity (Wildman–Crippen MR) is 75.8 cm³/mol. The molecule has 2 rings (SSSR count). The van der Waals surface area contributed by atoms with Crippen LogP contribution in [-0.4, -0.2) is 42.1 Å². The Morgan fingerprint density at radius 3 is 2.59 bits per heavy atom. The molecule has 1 aliphatic rings. The molecule has 1 aromatic rings. The van der Waals surface area contributed by atoms with E-state index in [9.17, 15) is 0 Å². The van der Waals surface area contributed by atoms with E-state index in [1.165, 1.54) is 5.56 Å². The van der Waals surface area contributed by atoms with Gasteiger partial charge in [-0.2, -0.15) is 0 Å². The SMILES string of the molecule is CC(C)N1CCN(c2ncccc2CBr)CC1. The molecule has 1 aliphatic heterocycles. The van der Waals surface area contributed by atoms with Crippen LogP contribution in [0.2, 0.25) is 0 Å². The number of nitrogens with zero attached hydrogens (tertiary/aromatic N) is 3. The molecule has 2 heterocycles. The summed E-state index contributed by atoms with van der Waals surface area (Å²) in [6.07, 6.45) is 1.89. The second kappa shape index (κ2) is 5.83. The summed E-state index contributed by atoms with van der Waals surface area (Å²) in [6, 6.07) is 4.80. The summed E-state index contributed by atoms with van der Waals surface area (Å²) in [5.41, 5.74) is 1.28. The second-order valence-corrected chi connectivity index (χ2v) is 5.30. The number of piperazine rings is 1. The Hall–Kier alpha value is -0.610. The van der Waals surface area contributed by atoms with Crippen LogP contribution in [0.25, 0.3) is 0 Å². The van der Waals surface area contributed by atoms with E-state index in [-0.39, 0.29) is 0 Å². The van der Waals surface area contributed by atoms with Crippen molar-refractivity contribution in [2.45, 2.75) is 25.2 Å². The van der Waals surface area contributed by atoms with Gasteiger partial charge in [0.2, 0.25) is 0 Å². The van der Waals surface area contributed by atoms with Gasteiger partial charge in [0, 0.05) is 49.3 Å². The molecule has 0 aliphatic carbocycles. The van der Waals surface area contributed by atoms with Gasteiger partial charge >= 0.3 is 0 Å². The van der Waals surface area contributed by atoms with Crippen LogP contribution in [0.4, 0.5) is 5.82 Å². The molecule has 0 bridgehead atoms. The molecule has 0 radical (unpaired) electrons. The molecule has 0 aromatic carbocycles. The third-order valence-corrected chi connectivity index (χ3v) is 3.96. The maximum Gasteiger partial charge on any atom is 0.132 e. The molecule has 0 saturated carbocycles. The highest BCUT2D eigenvalue weighted by atomic mass is 79.9. The Morgan fingerprint density at radius 1 is 1.29 bits per heavy atom. The molecule has 0 N–H and O–H groups in total. The molecule has 3 nitrogen and oxygen atoms in total. The fourth-order valence-corrected chi connectivity index (χ4v) is 2.71. The molecule has 1 fully saturated rings. The molecule has 1 saturated heterocycles. The van der Waals surface area contributed by atoms with E-state index >= 15 is 0 Å². The zero-order valence-electron chi connectivity index (χ0n) is 10.6. The molecular weight excluding hydrogens is 278 g/mol. The normalized spacial score (nSPS) is 17.8. The summed E-state index contributed by atoms with van der Waals surface area (Å²) < 4.78 is 0. The molecule has 1 aromatic heterocycles. The minimum atomic E-state index is 0.650. The fraction of sp³-hybridized carbons (Fsp3) is 0.615. The van der Waals surface area contributed by atoms with Crippen LogP contribution < -0.4 is 4.90 Å². The van der Waals surface area contributed by atoms with Crippen molar-refractivity contribution in [1.82, 2.24) is 9.88 Å². The zero-order chi connectivity index (χ0) is 12.3. The standard InChI is InChI=1S/C13H20BrN3/c1-11(2)16-6-8-17(9-7-16)13-12(10-14)4-3-5-15-13/h3-5,11H,6-10H2,1-2H3. The lowest BCUT2D eigenvalue weighted by Crippen LogP contribution is -2.49. The highest BCUT2D eigenvalue weighted by molar-refractivity contribution is 9.08. The Morgan fingerprint density at radius 2 is 2.00 bits per heavy atom. The van der Waals surface area contributed by atoms with Crippen LogP contribution in [0.1, 0.15) is 19.4 Å². The monoisotopic (exact) mass is 297 g/mol. The van der Waals surface area contributed by atoms with E-state index in [0.717, 1.165) is 37.3 Å². The summed E-state index contributed by atoms with van der Waals surface area (Å²) in [5, 5.41) is 0.876. The summed E-state index contributed by atoms with van der Waals surface area (Å²) in [4.78, 5) is 9.44. The van der Waals surface area contributed by atoms with Crippen molar-refractivity contribution in [1.29, 1.82) is 0 Å². The Balaban J connectivity index is 2.05. The van der Waals surface area contributed by atoms with Crippen molar-refractivity contribution in [3.63, 3.8) is 0 Å². The van der Waals surface area contributed by atoms with Gasteiger partial charge in [-0.3, -0.25) is 4.90 Å². The summed E-state index contributed by atoms with van der Waals surface area (Å²) in [5.74, 6) is 1.15. The molecule has 0 atom stereocenters. The highest BCUT2D eigenvalue weighted by Gasteiger charge is 2.20. The van der Waals surface area contributed by atoms with Gasteiger partial charge in [0.05, 0.1) is 0 Å². The van der Waals surface area contributed by atoms with Crippen LogP contribution in [0.5, 0.6) is 0 Å². The van der Waals surface area contributed by atoms with Crippen molar-refractivity contribution in [3.8, 4) is 0 Å². The van der Waals surface area contributed by atoms with Gasteiger partial charge in [0.25, 0.3) is 0 Å². The van der Waals surface area contributed by atoms with E-state index in [0.29, 0.717) is 6.04 Å². The first-order valence-electron chi connectivity index (χ1n) is 6.21. The van der Waals surface area contributed by atoms with Gasteiger partial charge in [-0.05, 0) is 19.9 Å². The van der Waals surface area contributed by atoms with Gasteiger partial charge < -0.3 is 4.90 Å². The molecule has 0 spiro atoms. The second-order valence-electron chi connectivity index (χ2n) is 4.74. The van der Waals surface area contributed by atoms with Crippen molar-refractivity contribution in [3.05, 3.63) is 23.9 Å². The zero-order valence-corrected chi connectivity index (χ0v) is 12.2. The van der Waals surface area contributed by atoms with Crippen LogP contribution >= 0.6 is 15.9 Å². The van der Waals surface area contributed by atoms with E-state index in [2.05, 4.69) is 50.6 Å². The molecule has 94 valence electrons. The largest absolute Gasteiger partial charge is 0.354 e. The Kier molecular flexibility index (Phi) is 4.40. The number of hydrogen-bond donors (Lipinski definition) is 0. The average Bonchev–Trinajstić information content (AvgIpc) is 2.39. The average molecular weight is 298 g/mol. The third kappa shape index (κ3) is 2.99. The first kappa shape index (κ1) is 12.8. The number of pyridine rings is 1. The molecule has 0 unspecified atom stereocenters. The number of alkyl halides is 1. The smallest absolute Gasteiger partial charge is 0.132 e. The van der Waals surface area contributed by atoms with Gasteiger partial charge in [-0.1, -0.05) is 22.0 Å².